The Morgan fingerprint density at radius 3 is 2.00 bits per heavy atom. The SMILES string of the molecule is CC[Si](C=Cc1ccc(C#N)cc1)(CC)CC. The van der Waals surface area contributed by atoms with E-state index < -0.39 is 8.07 Å². The van der Waals surface area contributed by atoms with E-state index in [1.165, 1.54) is 23.7 Å². The molecule has 0 heterocycles. The molecule has 0 aliphatic rings. The molecule has 0 unspecified atom stereocenters. The minimum absolute atomic E-state index is 0.729. The topological polar surface area (TPSA) is 23.8 Å². The van der Waals surface area contributed by atoms with E-state index in [0.717, 1.165) is 5.56 Å². The summed E-state index contributed by atoms with van der Waals surface area (Å²) in [7, 11) is -1.17. The van der Waals surface area contributed by atoms with Crippen LogP contribution in [0.4, 0.5) is 0 Å². The highest BCUT2D eigenvalue weighted by Gasteiger charge is 2.22. The average molecular weight is 243 g/mol. The zero-order valence-corrected chi connectivity index (χ0v) is 12.0. The number of nitriles is 1. The van der Waals surface area contributed by atoms with Crippen LogP contribution in [-0.2, 0) is 0 Å². The maximum Gasteiger partial charge on any atom is 0.0991 e. The third kappa shape index (κ3) is 3.57. The van der Waals surface area contributed by atoms with Crippen molar-refractivity contribution in [2.75, 3.05) is 0 Å². The van der Waals surface area contributed by atoms with Gasteiger partial charge in [-0.3, -0.25) is 0 Å². The molecule has 0 aliphatic carbocycles. The molecule has 1 rings (SSSR count). The molecule has 0 saturated carbocycles. The summed E-state index contributed by atoms with van der Waals surface area (Å²) in [6.07, 6.45) is 2.24. The van der Waals surface area contributed by atoms with Gasteiger partial charge in [-0.1, -0.05) is 62.8 Å². The lowest BCUT2D eigenvalue weighted by atomic mass is 10.1. The summed E-state index contributed by atoms with van der Waals surface area (Å²) in [6, 6.07) is 13.9. The van der Waals surface area contributed by atoms with Crippen molar-refractivity contribution in [3.63, 3.8) is 0 Å². The lowest BCUT2D eigenvalue weighted by Crippen LogP contribution is -2.28. The van der Waals surface area contributed by atoms with E-state index in [4.69, 9.17) is 5.26 Å². The molecule has 0 bridgehead atoms. The van der Waals surface area contributed by atoms with E-state index in [2.05, 4.69) is 38.6 Å². The van der Waals surface area contributed by atoms with Crippen molar-refractivity contribution in [2.45, 2.75) is 38.9 Å². The molecule has 0 amide bonds. The van der Waals surface area contributed by atoms with E-state index in [-0.39, 0.29) is 0 Å². The van der Waals surface area contributed by atoms with E-state index in [1.807, 2.05) is 24.3 Å². The Kier molecular flexibility index (Phi) is 5.18. The van der Waals surface area contributed by atoms with Gasteiger partial charge < -0.3 is 0 Å². The first-order chi connectivity index (χ1) is 8.19. The van der Waals surface area contributed by atoms with Gasteiger partial charge in [-0.15, -0.1) is 0 Å². The van der Waals surface area contributed by atoms with Crippen LogP contribution in [0.2, 0.25) is 18.1 Å². The molecular formula is C15H21NSi. The van der Waals surface area contributed by atoms with Gasteiger partial charge in [-0.2, -0.15) is 5.26 Å². The number of rotatable bonds is 5. The summed E-state index contributed by atoms with van der Waals surface area (Å²) >= 11 is 0. The van der Waals surface area contributed by atoms with Gasteiger partial charge in [-0.05, 0) is 17.7 Å². The van der Waals surface area contributed by atoms with E-state index >= 15 is 0 Å². The van der Waals surface area contributed by atoms with Crippen molar-refractivity contribution in [3.8, 4) is 6.07 Å². The Hall–Kier alpha value is -1.33. The molecule has 90 valence electrons. The molecule has 1 nitrogen and oxygen atoms in total. The van der Waals surface area contributed by atoms with Gasteiger partial charge in [0.15, 0.2) is 0 Å². The molecule has 0 aromatic heterocycles. The summed E-state index contributed by atoms with van der Waals surface area (Å²) in [5.41, 5.74) is 4.40. The monoisotopic (exact) mass is 243 g/mol. The van der Waals surface area contributed by atoms with Gasteiger partial charge in [0.25, 0.3) is 0 Å². The van der Waals surface area contributed by atoms with Crippen LogP contribution >= 0.6 is 0 Å². The smallest absolute Gasteiger partial charge is 0.0991 e. The van der Waals surface area contributed by atoms with E-state index in [0.29, 0.717) is 0 Å². The van der Waals surface area contributed by atoms with Crippen molar-refractivity contribution in [1.82, 2.24) is 0 Å². The molecule has 1 aromatic rings. The number of hydrogen-bond acceptors (Lipinski definition) is 1. The summed E-state index contributed by atoms with van der Waals surface area (Å²) in [5, 5.41) is 8.74. The van der Waals surface area contributed by atoms with Gasteiger partial charge in [0.1, 0.15) is 0 Å². The predicted octanol–water partition coefficient (Wildman–Crippen LogP) is 4.62. The number of nitrogens with zero attached hydrogens (tertiary/aromatic N) is 1. The van der Waals surface area contributed by atoms with Crippen LogP contribution in [0, 0.1) is 11.3 Å². The standard InChI is InChI=1S/C15H21NSi/c1-4-17(5-2,6-3)12-11-14-7-9-15(13-16)10-8-14/h7-12H,4-6H2,1-3H3. The Labute approximate surface area is 106 Å². The fourth-order valence-corrected chi connectivity index (χ4v) is 4.80. The molecule has 17 heavy (non-hydrogen) atoms. The highest BCUT2D eigenvalue weighted by molar-refractivity contribution is 6.84. The first-order valence-corrected chi connectivity index (χ1v) is 9.09. The third-order valence-corrected chi connectivity index (χ3v) is 8.88. The fourth-order valence-electron chi connectivity index (χ4n) is 2.05. The molecule has 2 heteroatoms. The minimum atomic E-state index is -1.17. The van der Waals surface area contributed by atoms with Crippen molar-refractivity contribution in [3.05, 3.63) is 41.1 Å². The normalized spacial score (nSPS) is 11.6. The Bertz CT molecular complexity index is 399. The highest BCUT2D eigenvalue weighted by atomic mass is 28.3. The molecular weight excluding hydrogens is 222 g/mol. The summed E-state index contributed by atoms with van der Waals surface area (Å²) in [6.45, 7) is 6.92. The van der Waals surface area contributed by atoms with Gasteiger partial charge in [0.2, 0.25) is 0 Å². The second-order valence-electron chi connectivity index (χ2n) is 4.49. The van der Waals surface area contributed by atoms with Crippen molar-refractivity contribution in [1.29, 1.82) is 5.26 Å². The summed E-state index contributed by atoms with van der Waals surface area (Å²) in [5.74, 6) is 0. The third-order valence-electron chi connectivity index (χ3n) is 3.78. The van der Waals surface area contributed by atoms with Crippen molar-refractivity contribution in [2.24, 2.45) is 0 Å². The molecule has 1 aromatic carbocycles. The molecule has 0 spiro atoms. The Morgan fingerprint density at radius 1 is 1.06 bits per heavy atom. The quantitative estimate of drug-likeness (QED) is 0.692. The molecule has 0 atom stereocenters. The Balaban J connectivity index is 2.85. The van der Waals surface area contributed by atoms with Crippen LogP contribution in [0.5, 0.6) is 0 Å². The lowest BCUT2D eigenvalue weighted by molar-refractivity contribution is 1.20. The predicted molar refractivity (Wildman–Crippen MR) is 77.4 cm³/mol. The van der Waals surface area contributed by atoms with Gasteiger partial charge >= 0.3 is 0 Å². The number of benzene rings is 1. The zero-order valence-electron chi connectivity index (χ0n) is 11.0. The van der Waals surface area contributed by atoms with Crippen LogP contribution in [-0.4, -0.2) is 8.07 Å². The molecule has 0 radical (unpaired) electrons. The Morgan fingerprint density at radius 2 is 1.59 bits per heavy atom. The van der Waals surface area contributed by atoms with Crippen LogP contribution in [0.25, 0.3) is 6.08 Å². The van der Waals surface area contributed by atoms with Crippen LogP contribution in [0.1, 0.15) is 31.9 Å². The summed E-state index contributed by atoms with van der Waals surface area (Å²) in [4.78, 5) is 0. The highest BCUT2D eigenvalue weighted by Crippen LogP contribution is 2.22. The van der Waals surface area contributed by atoms with E-state index in [9.17, 15) is 0 Å². The number of hydrogen-bond donors (Lipinski definition) is 0. The largest absolute Gasteiger partial charge is 0.192 e. The maximum atomic E-state index is 8.74. The fraction of sp³-hybridized carbons (Fsp3) is 0.400. The zero-order chi connectivity index (χ0) is 12.7. The van der Waals surface area contributed by atoms with Crippen molar-refractivity contribution >= 4 is 14.1 Å². The molecule has 0 aliphatic heterocycles. The second kappa shape index (κ2) is 6.41. The van der Waals surface area contributed by atoms with Gasteiger partial charge in [-0.25, -0.2) is 0 Å². The van der Waals surface area contributed by atoms with Crippen LogP contribution < -0.4 is 0 Å². The second-order valence-corrected chi connectivity index (χ2v) is 9.67. The van der Waals surface area contributed by atoms with Gasteiger partial charge in [0.05, 0.1) is 19.7 Å². The lowest BCUT2D eigenvalue weighted by Gasteiger charge is -2.23. The molecule has 0 saturated heterocycles. The van der Waals surface area contributed by atoms with Crippen LogP contribution in [0.15, 0.2) is 30.0 Å². The minimum Gasteiger partial charge on any atom is -0.192 e. The maximum absolute atomic E-state index is 8.74. The first-order valence-electron chi connectivity index (χ1n) is 6.39. The molecule has 0 N–H and O–H groups in total. The first kappa shape index (κ1) is 13.7. The average Bonchev–Trinajstić information content (AvgIpc) is 2.41. The molecule has 0 fully saturated rings. The summed E-state index contributed by atoms with van der Waals surface area (Å²) < 4.78 is 0. The van der Waals surface area contributed by atoms with Crippen molar-refractivity contribution < 1.29 is 0 Å². The van der Waals surface area contributed by atoms with Gasteiger partial charge in [0, 0.05) is 0 Å². The van der Waals surface area contributed by atoms with Crippen LogP contribution in [0.3, 0.4) is 0 Å². The van der Waals surface area contributed by atoms with E-state index in [1.54, 1.807) is 0 Å².